The fourth-order valence-electron chi connectivity index (χ4n) is 1.13. The van der Waals surface area contributed by atoms with Crippen LogP contribution in [0.15, 0.2) is 22.7 Å². The third-order valence-electron chi connectivity index (χ3n) is 1.83. The van der Waals surface area contributed by atoms with Crippen LogP contribution in [0.3, 0.4) is 0 Å². The molecule has 0 unspecified atom stereocenters. The SMILES string of the molecule is CCSCCOc1ccc(Br)cc1C. The molecule has 0 aliphatic heterocycles. The standard InChI is InChI=1S/C11H15BrOS/c1-3-14-7-6-13-11-5-4-10(12)8-9(11)2/h4-5,8H,3,6-7H2,1-2H3. The lowest BCUT2D eigenvalue weighted by molar-refractivity contribution is 0.341. The Kier molecular flexibility index (Phi) is 5.41. The second-order valence-electron chi connectivity index (χ2n) is 2.96. The number of ether oxygens (including phenoxy) is 1. The van der Waals surface area contributed by atoms with E-state index in [1.807, 2.05) is 23.9 Å². The molecule has 1 rings (SSSR count). The van der Waals surface area contributed by atoms with Gasteiger partial charge in [0.1, 0.15) is 5.75 Å². The van der Waals surface area contributed by atoms with Crippen LogP contribution in [0.25, 0.3) is 0 Å². The fourth-order valence-corrected chi connectivity index (χ4v) is 2.10. The highest BCUT2D eigenvalue weighted by molar-refractivity contribution is 9.10. The normalized spacial score (nSPS) is 10.2. The second kappa shape index (κ2) is 6.36. The summed E-state index contributed by atoms with van der Waals surface area (Å²) in [4.78, 5) is 0. The first-order valence-electron chi connectivity index (χ1n) is 4.70. The van der Waals surface area contributed by atoms with Crippen molar-refractivity contribution in [3.8, 4) is 5.75 Å². The van der Waals surface area contributed by atoms with Crippen molar-refractivity contribution in [1.82, 2.24) is 0 Å². The Hall–Kier alpha value is -0.150. The van der Waals surface area contributed by atoms with Gasteiger partial charge in [0.15, 0.2) is 0 Å². The van der Waals surface area contributed by atoms with E-state index in [0.29, 0.717) is 0 Å². The highest BCUT2D eigenvalue weighted by Gasteiger charge is 1.99. The Labute approximate surface area is 98.4 Å². The minimum Gasteiger partial charge on any atom is -0.492 e. The van der Waals surface area contributed by atoms with E-state index in [-0.39, 0.29) is 0 Å². The summed E-state index contributed by atoms with van der Waals surface area (Å²) in [5.41, 5.74) is 1.18. The first-order chi connectivity index (χ1) is 6.74. The van der Waals surface area contributed by atoms with Gasteiger partial charge in [-0.1, -0.05) is 22.9 Å². The summed E-state index contributed by atoms with van der Waals surface area (Å²) in [7, 11) is 0. The first kappa shape index (κ1) is 11.9. The van der Waals surface area contributed by atoms with Crippen LogP contribution in [0.5, 0.6) is 5.75 Å². The molecule has 0 radical (unpaired) electrons. The van der Waals surface area contributed by atoms with E-state index in [9.17, 15) is 0 Å². The van der Waals surface area contributed by atoms with Crippen LogP contribution < -0.4 is 4.74 Å². The van der Waals surface area contributed by atoms with Gasteiger partial charge in [-0.3, -0.25) is 0 Å². The number of halogens is 1. The van der Waals surface area contributed by atoms with Gasteiger partial charge in [-0.05, 0) is 36.4 Å². The van der Waals surface area contributed by atoms with Crippen LogP contribution in [0.4, 0.5) is 0 Å². The lowest BCUT2D eigenvalue weighted by Gasteiger charge is -2.08. The van der Waals surface area contributed by atoms with E-state index in [1.165, 1.54) is 5.56 Å². The quantitative estimate of drug-likeness (QED) is 0.754. The summed E-state index contributed by atoms with van der Waals surface area (Å²) in [5, 5.41) is 0. The molecular formula is C11H15BrOS. The van der Waals surface area contributed by atoms with Crippen molar-refractivity contribution in [2.75, 3.05) is 18.1 Å². The molecule has 1 aromatic rings. The summed E-state index contributed by atoms with van der Waals surface area (Å²) in [6.45, 7) is 5.02. The number of hydrogen-bond donors (Lipinski definition) is 0. The molecule has 78 valence electrons. The van der Waals surface area contributed by atoms with Gasteiger partial charge in [-0.25, -0.2) is 0 Å². The van der Waals surface area contributed by atoms with Crippen LogP contribution in [-0.4, -0.2) is 18.1 Å². The third kappa shape index (κ3) is 3.93. The van der Waals surface area contributed by atoms with E-state index < -0.39 is 0 Å². The van der Waals surface area contributed by atoms with Crippen molar-refractivity contribution in [2.45, 2.75) is 13.8 Å². The maximum absolute atomic E-state index is 5.65. The van der Waals surface area contributed by atoms with Gasteiger partial charge in [0.05, 0.1) is 6.61 Å². The van der Waals surface area contributed by atoms with Gasteiger partial charge in [0, 0.05) is 10.2 Å². The van der Waals surface area contributed by atoms with Gasteiger partial charge in [0.2, 0.25) is 0 Å². The molecule has 1 aromatic carbocycles. The minimum absolute atomic E-state index is 0.793. The molecule has 0 atom stereocenters. The van der Waals surface area contributed by atoms with Crippen LogP contribution in [0.2, 0.25) is 0 Å². The number of thioether (sulfide) groups is 1. The van der Waals surface area contributed by atoms with Crippen molar-refractivity contribution < 1.29 is 4.74 Å². The lowest BCUT2D eigenvalue weighted by atomic mass is 10.2. The van der Waals surface area contributed by atoms with E-state index >= 15 is 0 Å². The Balaban J connectivity index is 2.42. The topological polar surface area (TPSA) is 9.23 Å². The third-order valence-corrected chi connectivity index (χ3v) is 3.18. The average Bonchev–Trinajstić information content (AvgIpc) is 2.15. The van der Waals surface area contributed by atoms with Crippen molar-refractivity contribution >= 4 is 27.7 Å². The molecular weight excluding hydrogens is 260 g/mol. The predicted molar refractivity (Wildman–Crippen MR) is 67.4 cm³/mol. The predicted octanol–water partition coefficient (Wildman–Crippen LogP) is 3.89. The molecule has 0 amide bonds. The monoisotopic (exact) mass is 274 g/mol. The molecule has 14 heavy (non-hydrogen) atoms. The summed E-state index contributed by atoms with van der Waals surface area (Å²) in [5.74, 6) is 3.21. The molecule has 0 fully saturated rings. The largest absolute Gasteiger partial charge is 0.492 e. The van der Waals surface area contributed by atoms with Crippen molar-refractivity contribution in [3.05, 3.63) is 28.2 Å². The Morgan fingerprint density at radius 2 is 2.21 bits per heavy atom. The van der Waals surface area contributed by atoms with Crippen LogP contribution in [0.1, 0.15) is 12.5 Å². The molecule has 0 aromatic heterocycles. The maximum atomic E-state index is 5.65. The van der Waals surface area contributed by atoms with Crippen molar-refractivity contribution in [1.29, 1.82) is 0 Å². The molecule has 1 nitrogen and oxygen atoms in total. The Morgan fingerprint density at radius 1 is 1.43 bits per heavy atom. The van der Waals surface area contributed by atoms with E-state index in [1.54, 1.807) is 0 Å². The molecule has 0 heterocycles. The van der Waals surface area contributed by atoms with E-state index in [2.05, 4.69) is 35.8 Å². The fraction of sp³-hybridized carbons (Fsp3) is 0.455. The summed E-state index contributed by atoms with van der Waals surface area (Å²) in [6.07, 6.45) is 0. The van der Waals surface area contributed by atoms with Crippen molar-refractivity contribution in [3.63, 3.8) is 0 Å². The summed E-state index contributed by atoms with van der Waals surface area (Å²) < 4.78 is 6.75. The number of hydrogen-bond acceptors (Lipinski definition) is 2. The molecule has 0 saturated carbocycles. The lowest BCUT2D eigenvalue weighted by Crippen LogP contribution is -2.01. The van der Waals surface area contributed by atoms with E-state index in [4.69, 9.17) is 4.74 Å². The van der Waals surface area contributed by atoms with Gasteiger partial charge in [0.25, 0.3) is 0 Å². The zero-order chi connectivity index (χ0) is 10.4. The van der Waals surface area contributed by atoms with Gasteiger partial charge in [-0.2, -0.15) is 11.8 Å². The molecule has 0 aliphatic carbocycles. The summed E-state index contributed by atoms with van der Waals surface area (Å²) in [6, 6.07) is 6.09. The Bertz CT molecular complexity index is 289. The number of aryl methyl sites for hydroxylation is 1. The Morgan fingerprint density at radius 3 is 2.86 bits per heavy atom. The second-order valence-corrected chi connectivity index (χ2v) is 5.26. The molecule has 0 bridgehead atoms. The van der Waals surface area contributed by atoms with Gasteiger partial charge < -0.3 is 4.74 Å². The molecule has 0 aliphatic rings. The van der Waals surface area contributed by atoms with E-state index in [0.717, 1.165) is 28.3 Å². The summed E-state index contributed by atoms with van der Waals surface area (Å²) >= 11 is 5.33. The van der Waals surface area contributed by atoms with Crippen LogP contribution in [0, 0.1) is 6.92 Å². The molecule has 0 saturated heterocycles. The zero-order valence-electron chi connectivity index (χ0n) is 8.55. The average molecular weight is 275 g/mol. The molecule has 0 spiro atoms. The zero-order valence-corrected chi connectivity index (χ0v) is 11.0. The highest BCUT2D eigenvalue weighted by Crippen LogP contribution is 2.22. The van der Waals surface area contributed by atoms with Gasteiger partial charge >= 0.3 is 0 Å². The first-order valence-corrected chi connectivity index (χ1v) is 6.65. The van der Waals surface area contributed by atoms with Crippen LogP contribution >= 0.6 is 27.7 Å². The van der Waals surface area contributed by atoms with Crippen molar-refractivity contribution in [2.24, 2.45) is 0 Å². The molecule has 3 heteroatoms. The maximum Gasteiger partial charge on any atom is 0.122 e. The molecule has 0 N–H and O–H groups in total. The van der Waals surface area contributed by atoms with Gasteiger partial charge in [-0.15, -0.1) is 0 Å². The van der Waals surface area contributed by atoms with Crippen LogP contribution in [-0.2, 0) is 0 Å². The number of rotatable bonds is 5. The smallest absolute Gasteiger partial charge is 0.122 e. The minimum atomic E-state index is 0.793. The number of benzene rings is 1. The highest BCUT2D eigenvalue weighted by atomic mass is 79.9.